The van der Waals surface area contributed by atoms with Gasteiger partial charge in [-0.3, -0.25) is 4.68 Å². The van der Waals surface area contributed by atoms with Crippen molar-refractivity contribution in [2.24, 2.45) is 7.05 Å². The lowest BCUT2D eigenvalue weighted by Gasteiger charge is -2.16. The van der Waals surface area contributed by atoms with Crippen LogP contribution in [-0.2, 0) is 12.5 Å². The zero-order valence-corrected chi connectivity index (χ0v) is 8.89. The SMILES string of the molecule is Bc1c(C)c(C(C)(C)C)nn1C. The van der Waals surface area contributed by atoms with E-state index in [0.29, 0.717) is 0 Å². The van der Waals surface area contributed by atoms with Crippen LogP contribution in [0.25, 0.3) is 0 Å². The molecular weight excluding hydrogens is 147 g/mol. The minimum atomic E-state index is 0.163. The third-order valence-electron chi connectivity index (χ3n) is 2.34. The molecule has 3 heteroatoms. The van der Waals surface area contributed by atoms with Crippen molar-refractivity contribution >= 4 is 13.4 Å². The van der Waals surface area contributed by atoms with E-state index >= 15 is 0 Å². The van der Waals surface area contributed by atoms with Gasteiger partial charge < -0.3 is 0 Å². The molecule has 66 valence electrons. The summed E-state index contributed by atoms with van der Waals surface area (Å²) in [5.74, 6) is 0. The predicted octanol–water partition coefficient (Wildman–Crippen LogP) is 0.284. The van der Waals surface area contributed by atoms with Gasteiger partial charge in [0, 0.05) is 12.5 Å². The largest absolute Gasteiger partial charge is 0.282 e. The maximum atomic E-state index is 4.50. The quantitative estimate of drug-likeness (QED) is 0.504. The lowest BCUT2D eigenvalue weighted by Crippen LogP contribution is -2.16. The molecule has 1 aromatic rings. The summed E-state index contributed by atoms with van der Waals surface area (Å²) >= 11 is 0. The van der Waals surface area contributed by atoms with E-state index in [0.717, 1.165) is 0 Å². The number of hydrogen-bond donors (Lipinski definition) is 0. The second-order valence-electron chi connectivity index (χ2n) is 4.43. The molecule has 0 amide bonds. The van der Waals surface area contributed by atoms with Crippen LogP contribution in [0.4, 0.5) is 0 Å². The molecule has 0 saturated carbocycles. The third-order valence-corrected chi connectivity index (χ3v) is 2.34. The first kappa shape index (κ1) is 9.36. The minimum Gasteiger partial charge on any atom is -0.282 e. The highest BCUT2D eigenvalue weighted by molar-refractivity contribution is 6.31. The van der Waals surface area contributed by atoms with Crippen LogP contribution < -0.4 is 5.59 Å². The highest BCUT2D eigenvalue weighted by Gasteiger charge is 2.21. The van der Waals surface area contributed by atoms with Crippen LogP contribution in [0.15, 0.2) is 0 Å². The van der Waals surface area contributed by atoms with Gasteiger partial charge in [0.25, 0.3) is 0 Å². The second-order valence-corrected chi connectivity index (χ2v) is 4.43. The van der Waals surface area contributed by atoms with Crippen molar-refractivity contribution in [1.29, 1.82) is 0 Å². The van der Waals surface area contributed by atoms with E-state index < -0.39 is 0 Å². The number of aryl methyl sites for hydroxylation is 1. The van der Waals surface area contributed by atoms with Crippen molar-refractivity contribution < 1.29 is 0 Å². The van der Waals surface area contributed by atoms with Gasteiger partial charge in [0.15, 0.2) is 7.85 Å². The van der Waals surface area contributed by atoms with Gasteiger partial charge in [-0.1, -0.05) is 20.8 Å². The van der Waals surface area contributed by atoms with E-state index in [2.05, 4.69) is 40.6 Å². The number of aromatic nitrogens is 2. The van der Waals surface area contributed by atoms with Gasteiger partial charge in [-0.05, 0) is 18.1 Å². The molecule has 0 aliphatic carbocycles. The fourth-order valence-corrected chi connectivity index (χ4v) is 1.43. The summed E-state index contributed by atoms with van der Waals surface area (Å²) in [5, 5.41) is 4.50. The van der Waals surface area contributed by atoms with E-state index in [1.165, 1.54) is 16.9 Å². The first-order valence-electron chi connectivity index (χ1n) is 4.34. The van der Waals surface area contributed by atoms with Crippen molar-refractivity contribution in [2.75, 3.05) is 0 Å². The molecule has 12 heavy (non-hydrogen) atoms. The standard InChI is InChI=1S/C9H17BN2/c1-6-7(9(2,3)4)11-12(5)8(6)10/h10H2,1-5H3. The molecule has 0 aromatic carbocycles. The first-order chi connectivity index (χ1) is 5.34. The molecule has 1 heterocycles. The van der Waals surface area contributed by atoms with Gasteiger partial charge in [0.05, 0.1) is 5.69 Å². The van der Waals surface area contributed by atoms with Crippen molar-refractivity contribution in [2.45, 2.75) is 33.1 Å². The van der Waals surface area contributed by atoms with Crippen LogP contribution in [0.5, 0.6) is 0 Å². The molecule has 0 unspecified atom stereocenters. The van der Waals surface area contributed by atoms with Crippen LogP contribution in [-0.4, -0.2) is 17.6 Å². The zero-order chi connectivity index (χ0) is 9.52. The van der Waals surface area contributed by atoms with Gasteiger partial charge in [0.2, 0.25) is 0 Å². The molecule has 0 radical (unpaired) electrons. The molecule has 0 N–H and O–H groups in total. The molecule has 0 aliphatic rings. The van der Waals surface area contributed by atoms with Crippen LogP contribution in [0.1, 0.15) is 32.0 Å². The predicted molar refractivity (Wildman–Crippen MR) is 54.8 cm³/mol. The Hall–Kier alpha value is -0.725. The van der Waals surface area contributed by atoms with Gasteiger partial charge >= 0.3 is 0 Å². The van der Waals surface area contributed by atoms with Gasteiger partial charge in [-0.25, -0.2) is 0 Å². The Bertz CT molecular complexity index is 294. The van der Waals surface area contributed by atoms with Crippen LogP contribution >= 0.6 is 0 Å². The van der Waals surface area contributed by atoms with Crippen LogP contribution in [0, 0.1) is 6.92 Å². The van der Waals surface area contributed by atoms with Crippen LogP contribution in [0.3, 0.4) is 0 Å². The zero-order valence-electron chi connectivity index (χ0n) is 8.89. The molecule has 0 atom stereocenters. The lowest BCUT2D eigenvalue weighted by atomic mass is 9.86. The Morgan fingerprint density at radius 2 is 1.83 bits per heavy atom. The van der Waals surface area contributed by atoms with Gasteiger partial charge in [-0.2, -0.15) is 5.10 Å². The monoisotopic (exact) mass is 164 g/mol. The van der Waals surface area contributed by atoms with Crippen molar-refractivity contribution in [1.82, 2.24) is 9.78 Å². The third kappa shape index (κ3) is 1.40. The summed E-state index contributed by atoms with van der Waals surface area (Å²) in [7, 11) is 4.11. The molecule has 0 aliphatic heterocycles. The molecule has 1 aromatic heterocycles. The average molecular weight is 164 g/mol. The Kier molecular flexibility index (Phi) is 2.07. The van der Waals surface area contributed by atoms with Gasteiger partial charge in [-0.15, -0.1) is 0 Å². The minimum absolute atomic E-state index is 0.163. The summed E-state index contributed by atoms with van der Waals surface area (Å²) in [5.41, 5.74) is 3.96. The Morgan fingerprint density at radius 1 is 1.33 bits per heavy atom. The van der Waals surface area contributed by atoms with E-state index in [1.54, 1.807) is 0 Å². The van der Waals surface area contributed by atoms with E-state index in [-0.39, 0.29) is 5.41 Å². The fraction of sp³-hybridized carbons (Fsp3) is 0.667. The average Bonchev–Trinajstić information content (AvgIpc) is 2.15. The van der Waals surface area contributed by atoms with Crippen molar-refractivity contribution in [3.63, 3.8) is 0 Å². The molecule has 0 bridgehead atoms. The molecule has 0 saturated heterocycles. The highest BCUT2D eigenvalue weighted by atomic mass is 15.3. The fourth-order valence-electron chi connectivity index (χ4n) is 1.43. The van der Waals surface area contributed by atoms with E-state index in [9.17, 15) is 0 Å². The number of hydrogen-bond acceptors (Lipinski definition) is 1. The Balaban J connectivity index is 3.28. The molecule has 0 spiro atoms. The number of rotatable bonds is 0. The normalized spacial score (nSPS) is 12.1. The number of nitrogens with zero attached hydrogens (tertiary/aromatic N) is 2. The molecule has 1 rings (SSSR count). The smallest absolute Gasteiger partial charge is 0.163 e. The first-order valence-corrected chi connectivity index (χ1v) is 4.34. The van der Waals surface area contributed by atoms with E-state index in [4.69, 9.17) is 0 Å². The van der Waals surface area contributed by atoms with E-state index in [1.807, 2.05) is 11.7 Å². The summed E-state index contributed by atoms with van der Waals surface area (Å²) in [6, 6.07) is 0. The summed E-state index contributed by atoms with van der Waals surface area (Å²) in [6.07, 6.45) is 0. The topological polar surface area (TPSA) is 17.8 Å². The maximum absolute atomic E-state index is 4.50. The molecule has 2 nitrogen and oxygen atoms in total. The lowest BCUT2D eigenvalue weighted by molar-refractivity contribution is 0.551. The van der Waals surface area contributed by atoms with Crippen LogP contribution in [0.2, 0.25) is 0 Å². The summed E-state index contributed by atoms with van der Waals surface area (Å²) < 4.78 is 1.95. The molecule has 0 fully saturated rings. The molecular formula is C9H17BN2. The Labute approximate surface area is 75.4 Å². The summed E-state index contributed by atoms with van der Waals surface area (Å²) in [4.78, 5) is 0. The summed E-state index contributed by atoms with van der Waals surface area (Å²) in [6.45, 7) is 8.73. The van der Waals surface area contributed by atoms with Crippen molar-refractivity contribution in [3.8, 4) is 0 Å². The van der Waals surface area contributed by atoms with Crippen molar-refractivity contribution in [3.05, 3.63) is 11.3 Å². The van der Waals surface area contributed by atoms with Gasteiger partial charge in [0.1, 0.15) is 0 Å². The Morgan fingerprint density at radius 3 is 2.00 bits per heavy atom. The second kappa shape index (κ2) is 2.65. The maximum Gasteiger partial charge on any atom is 0.163 e. The highest BCUT2D eigenvalue weighted by Crippen LogP contribution is 2.21.